The third-order valence-corrected chi connectivity index (χ3v) is 6.11. The molecule has 0 spiro atoms. The summed E-state index contributed by atoms with van der Waals surface area (Å²) in [6, 6.07) is 13.5. The van der Waals surface area contributed by atoms with E-state index in [4.69, 9.17) is 13.9 Å². The van der Waals surface area contributed by atoms with Gasteiger partial charge in [0.25, 0.3) is 11.6 Å². The number of rotatable bonds is 8. The van der Waals surface area contributed by atoms with Gasteiger partial charge in [0.15, 0.2) is 5.76 Å². The molecule has 1 aliphatic heterocycles. The van der Waals surface area contributed by atoms with Crippen LogP contribution in [0, 0.1) is 13.8 Å². The lowest BCUT2D eigenvalue weighted by Crippen LogP contribution is -2.38. The van der Waals surface area contributed by atoms with Gasteiger partial charge in [0.1, 0.15) is 12.4 Å². The minimum atomic E-state index is -0.179. The molecular formula is C27H29N5O4. The predicted molar refractivity (Wildman–Crippen MR) is 138 cm³/mol. The summed E-state index contributed by atoms with van der Waals surface area (Å²) in [4.78, 5) is 26.2. The lowest BCUT2D eigenvalue weighted by molar-refractivity contribution is 0.0322. The second-order valence-corrected chi connectivity index (χ2v) is 8.75. The third kappa shape index (κ3) is 5.64. The van der Waals surface area contributed by atoms with E-state index in [9.17, 15) is 4.79 Å². The Morgan fingerprint density at radius 2 is 1.94 bits per heavy atom. The normalized spacial score (nSPS) is 14.1. The van der Waals surface area contributed by atoms with Crippen molar-refractivity contribution in [1.29, 1.82) is 0 Å². The molecule has 9 heteroatoms. The number of morpholine rings is 1. The highest BCUT2D eigenvalue weighted by atomic mass is 16.5. The van der Waals surface area contributed by atoms with E-state index in [0.717, 1.165) is 61.1 Å². The maximum absolute atomic E-state index is 12.3. The highest BCUT2D eigenvalue weighted by molar-refractivity contribution is 5.68. The number of ether oxygens (including phenoxy) is 2. The molecule has 186 valence electrons. The van der Waals surface area contributed by atoms with Gasteiger partial charge >= 0.3 is 0 Å². The molecule has 1 saturated heterocycles. The Labute approximate surface area is 209 Å². The van der Waals surface area contributed by atoms with Crippen LogP contribution >= 0.6 is 0 Å². The molecule has 0 saturated carbocycles. The molecule has 0 radical (unpaired) electrons. The van der Waals surface area contributed by atoms with Crippen LogP contribution in [0.15, 0.2) is 64.1 Å². The number of aromatic amines is 1. The van der Waals surface area contributed by atoms with Crippen molar-refractivity contribution < 1.29 is 13.9 Å². The molecule has 4 heterocycles. The van der Waals surface area contributed by atoms with Crippen LogP contribution in [0.5, 0.6) is 5.75 Å². The van der Waals surface area contributed by atoms with Gasteiger partial charge in [0.2, 0.25) is 0 Å². The molecule has 2 N–H and O–H groups in total. The Morgan fingerprint density at radius 1 is 1.08 bits per heavy atom. The van der Waals surface area contributed by atoms with Crippen LogP contribution in [0.4, 0.5) is 11.7 Å². The summed E-state index contributed by atoms with van der Waals surface area (Å²) in [7, 11) is 0. The zero-order valence-electron chi connectivity index (χ0n) is 20.4. The lowest BCUT2D eigenvalue weighted by atomic mass is 10.1. The van der Waals surface area contributed by atoms with Gasteiger partial charge in [-0.25, -0.2) is 4.98 Å². The van der Waals surface area contributed by atoms with Gasteiger partial charge in [0.05, 0.1) is 30.7 Å². The Balaban J connectivity index is 1.27. The van der Waals surface area contributed by atoms with Crippen molar-refractivity contribution in [3.63, 3.8) is 0 Å². The van der Waals surface area contributed by atoms with Crippen LogP contribution in [-0.2, 0) is 4.74 Å². The number of pyridine rings is 2. The molecule has 3 aromatic heterocycles. The summed E-state index contributed by atoms with van der Waals surface area (Å²) >= 11 is 0. The topological polar surface area (TPSA) is 106 Å². The predicted octanol–water partition coefficient (Wildman–Crippen LogP) is 4.16. The Kier molecular flexibility index (Phi) is 7.11. The number of nitrogens with one attached hydrogen (secondary N) is 2. The van der Waals surface area contributed by atoms with Crippen molar-refractivity contribution in [1.82, 2.24) is 19.9 Å². The molecule has 5 rings (SSSR count). The number of anilines is 2. The highest BCUT2D eigenvalue weighted by Crippen LogP contribution is 2.29. The molecule has 1 aliphatic rings. The first kappa shape index (κ1) is 23.8. The number of H-pyrrole nitrogens is 1. The fourth-order valence-corrected chi connectivity index (χ4v) is 4.03. The molecular weight excluding hydrogens is 458 g/mol. The minimum absolute atomic E-state index is 0.179. The Bertz CT molecular complexity index is 1390. The van der Waals surface area contributed by atoms with E-state index < -0.39 is 0 Å². The van der Waals surface area contributed by atoms with E-state index in [-0.39, 0.29) is 5.56 Å². The van der Waals surface area contributed by atoms with E-state index in [1.807, 2.05) is 50.2 Å². The fourth-order valence-electron chi connectivity index (χ4n) is 4.03. The molecule has 0 amide bonds. The second-order valence-electron chi connectivity index (χ2n) is 8.75. The molecule has 0 aliphatic carbocycles. The largest absolute Gasteiger partial charge is 0.492 e. The van der Waals surface area contributed by atoms with Gasteiger partial charge in [-0.15, -0.1) is 0 Å². The van der Waals surface area contributed by atoms with Crippen molar-refractivity contribution in [2.24, 2.45) is 0 Å². The highest BCUT2D eigenvalue weighted by Gasteiger charge is 2.13. The van der Waals surface area contributed by atoms with Gasteiger partial charge in [-0.1, -0.05) is 6.07 Å². The number of benzene rings is 1. The van der Waals surface area contributed by atoms with Gasteiger partial charge in [0, 0.05) is 48.8 Å². The van der Waals surface area contributed by atoms with Crippen LogP contribution in [0.3, 0.4) is 0 Å². The first-order chi connectivity index (χ1) is 17.5. The van der Waals surface area contributed by atoms with Crippen LogP contribution in [-0.4, -0.2) is 59.3 Å². The van der Waals surface area contributed by atoms with Crippen LogP contribution in [0.1, 0.15) is 11.3 Å². The zero-order valence-corrected chi connectivity index (χ0v) is 20.4. The summed E-state index contributed by atoms with van der Waals surface area (Å²) in [6.07, 6.45) is 3.31. The Hall–Kier alpha value is -3.95. The minimum Gasteiger partial charge on any atom is -0.492 e. The standard InChI is InChI=1S/C27H29N5O4/c1-18-3-5-21(35-14-11-32-9-12-34-13-10-32)16-23(18)31-27-29-17-25(36-27)20-7-8-28-24(15-20)22-6-4-19(2)30-26(22)33/h3-8,15-17H,9-14H2,1-2H3,(H,29,31)(H,30,33). The maximum Gasteiger partial charge on any atom is 0.299 e. The van der Waals surface area contributed by atoms with Crippen LogP contribution in [0.25, 0.3) is 22.6 Å². The van der Waals surface area contributed by atoms with E-state index in [1.165, 1.54) is 0 Å². The number of nitrogens with zero attached hydrogens (tertiary/aromatic N) is 3. The SMILES string of the molecule is Cc1ccc(-c2cc(-c3cnc(Nc4cc(OCCN5CCOCC5)ccc4C)o3)ccn2)c(=O)[nH]1. The lowest BCUT2D eigenvalue weighted by Gasteiger charge is -2.26. The van der Waals surface area contributed by atoms with E-state index in [2.05, 4.69) is 25.2 Å². The van der Waals surface area contributed by atoms with Crippen LogP contribution in [0.2, 0.25) is 0 Å². The van der Waals surface area contributed by atoms with Crippen molar-refractivity contribution in [2.45, 2.75) is 13.8 Å². The van der Waals surface area contributed by atoms with Crippen molar-refractivity contribution in [2.75, 3.05) is 44.8 Å². The molecule has 1 aromatic carbocycles. The van der Waals surface area contributed by atoms with Gasteiger partial charge in [-0.3, -0.25) is 14.7 Å². The van der Waals surface area contributed by atoms with Crippen molar-refractivity contribution in [3.05, 3.63) is 76.5 Å². The van der Waals surface area contributed by atoms with Crippen LogP contribution < -0.4 is 15.6 Å². The third-order valence-electron chi connectivity index (χ3n) is 6.11. The molecule has 0 atom stereocenters. The number of hydrogen-bond donors (Lipinski definition) is 2. The summed E-state index contributed by atoms with van der Waals surface area (Å²) in [5.41, 5.74) is 4.36. The summed E-state index contributed by atoms with van der Waals surface area (Å²) in [5, 5.41) is 3.25. The molecule has 1 fully saturated rings. The average Bonchev–Trinajstić information content (AvgIpc) is 3.35. The fraction of sp³-hybridized carbons (Fsp3) is 0.296. The van der Waals surface area contributed by atoms with E-state index >= 15 is 0 Å². The number of aryl methyl sites for hydroxylation is 2. The smallest absolute Gasteiger partial charge is 0.299 e. The summed E-state index contributed by atoms with van der Waals surface area (Å²) in [5.74, 6) is 1.35. The molecule has 0 bridgehead atoms. The van der Waals surface area contributed by atoms with Gasteiger partial charge < -0.3 is 24.2 Å². The van der Waals surface area contributed by atoms with Crippen molar-refractivity contribution >= 4 is 11.7 Å². The van der Waals surface area contributed by atoms with Crippen molar-refractivity contribution in [3.8, 4) is 28.3 Å². The monoisotopic (exact) mass is 487 g/mol. The number of aromatic nitrogens is 3. The Morgan fingerprint density at radius 3 is 2.78 bits per heavy atom. The number of oxazole rings is 1. The number of hydrogen-bond acceptors (Lipinski definition) is 8. The molecule has 36 heavy (non-hydrogen) atoms. The zero-order chi connectivity index (χ0) is 24.9. The van der Waals surface area contributed by atoms with Gasteiger partial charge in [-0.2, -0.15) is 0 Å². The maximum atomic E-state index is 12.3. The van der Waals surface area contributed by atoms with Gasteiger partial charge in [-0.05, 0) is 49.7 Å². The van der Waals surface area contributed by atoms with E-state index in [1.54, 1.807) is 18.5 Å². The first-order valence-corrected chi connectivity index (χ1v) is 12.0. The average molecular weight is 488 g/mol. The molecule has 4 aromatic rings. The first-order valence-electron chi connectivity index (χ1n) is 12.0. The summed E-state index contributed by atoms with van der Waals surface area (Å²) < 4.78 is 17.3. The molecule has 9 nitrogen and oxygen atoms in total. The molecule has 0 unspecified atom stereocenters. The van der Waals surface area contributed by atoms with E-state index in [0.29, 0.717) is 29.6 Å². The quantitative estimate of drug-likeness (QED) is 0.382. The second kappa shape index (κ2) is 10.8. The summed E-state index contributed by atoms with van der Waals surface area (Å²) in [6.45, 7) is 8.77.